The van der Waals surface area contributed by atoms with Gasteiger partial charge in [0.25, 0.3) is 0 Å². The molecule has 1 fully saturated rings. The Hall–Kier alpha value is -1.62. The molecule has 5 nitrogen and oxygen atoms in total. The summed E-state index contributed by atoms with van der Waals surface area (Å²) in [6, 6.07) is 5.21. The minimum absolute atomic E-state index is 0.240. The number of anilines is 1. The van der Waals surface area contributed by atoms with E-state index in [0.717, 1.165) is 12.8 Å². The minimum atomic E-state index is -0.457. The highest BCUT2D eigenvalue weighted by molar-refractivity contribution is 6.32. The van der Waals surface area contributed by atoms with Crippen molar-refractivity contribution in [2.45, 2.75) is 39.2 Å². The van der Waals surface area contributed by atoms with Gasteiger partial charge in [-0.2, -0.15) is 0 Å². The van der Waals surface area contributed by atoms with Crippen LogP contribution in [0.15, 0.2) is 18.2 Å². The highest BCUT2D eigenvalue weighted by atomic mass is 35.5. The lowest BCUT2D eigenvalue weighted by Crippen LogP contribution is -2.42. The molecule has 1 heterocycles. The maximum atomic E-state index is 12.0. The second-order valence-corrected chi connectivity index (χ2v) is 7.32. The van der Waals surface area contributed by atoms with Gasteiger partial charge in [0, 0.05) is 24.8 Å². The van der Waals surface area contributed by atoms with Crippen LogP contribution >= 0.6 is 11.6 Å². The molecule has 1 aliphatic rings. The lowest BCUT2D eigenvalue weighted by Gasteiger charge is -2.33. The molecule has 128 valence electrons. The smallest absolute Gasteiger partial charge is 0.410 e. The number of benzene rings is 1. The monoisotopic (exact) mass is 340 g/mol. The van der Waals surface area contributed by atoms with Crippen LogP contribution in [-0.2, 0) is 4.74 Å². The molecule has 1 aromatic rings. The third-order valence-electron chi connectivity index (χ3n) is 3.70. The zero-order valence-electron chi connectivity index (χ0n) is 14.0. The van der Waals surface area contributed by atoms with Crippen molar-refractivity contribution in [3.05, 3.63) is 23.2 Å². The molecule has 1 aromatic carbocycles. The molecule has 0 unspecified atom stereocenters. The summed E-state index contributed by atoms with van der Waals surface area (Å²) in [6.45, 7) is 7.58. The van der Waals surface area contributed by atoms with Crippen LogP contribution in [-0.4, -0.2) is 36.3 Å². The van der Waals surface area contributed by atoms with Crippen LogP contribution < -0.4 is 10.5 Å². The largest absolute Gasteiger partial charge is 0.492 e. The van der Waals surface area contributed by atoms with Gasteiger partial charge in [0.05, 0.1) is 11.6 Å². The maximum Gasteiger partial charge on any atom is 0.410 e. The molecule has 1 aliphatic heterocycles. The average Bonchev–Trinajstić information content (AvgIpc) is 2.47. The van der Waals surface area contributed by atoms with Gasteiger partial charge in [-0.1, -0.05) is 11.6 Å². The average molecular weight is 341 g/mol. The number of carbonyl (C=O) groups excluding carboxylic acids is 1. The summed E-state index contributed by atoms with van der Waals surface area (Å²) in [6.07, 6.45) is 1.54. The molecule has 0 saturated carbocycles. The SMILES string of the molecule is CC(C)(C)OC(=O)N1CCC(COc2cc(N)ccc2Cl)CC1. The number of ether oxygens (including phenoxy) is 2. The Morgan fingerprint density at radius 3 is 2.61 bits per heavy atom. The molecular weight excluding hydrogens is 316 g/mol. The molecule has 2 N–H and O–H groups in total. The van der Waals surface area contributed by atoms with Gasteiger partial charge in [-0.15, -0.1) is 0 Å². The standard InChI is InChI=1S/C17H25ClN2O3/c1-17(2,3)23-16(21)20-8-6-12(7-9-20)11-22-15-10-13(19)4-5-14(15)18/h4-5,10,12H,6-9,11,19H2,1-3H3. The van der Waals surface area contributed by atoms with E-state index in [9.17, 15) is 4.79 Å². The molecule has 6 heteroatoms. The number of hydrogen-bond donors (Lipinski definition) is 1. The second-order valence-electron chi connectivity index (χ2n) is 6.91. The van der Waals surface area contributed by atoms with Crippen LogP contribution in [0.4, 0.5) is 10.5 Å². The van der Waals surface area contributed by atoms with Crippen molar-refractivity contribution in [3.8, 4) is 5.75 Å². The van der Waals surface area contributed by atoms with Gasteiger partial charge < -0.3 is 20.1 Å². The van der Waals surface area contributed by atoms with Crippen molar-refractivity contribution >= 4 is 23.4 Å². The number of carbonyl (C=O) groups is 1. The van der Waals surface area contributed by atoms with E-state index >= 15 is 0 Å². The highest BCUT2D eigenvalue weighted by Crippen LogP contribution is 2.28. The number of piperidine rings is 1. The predicted molar refractivity (Wildman–Crippen MR) is 91.9 cm³/mol. The molecule has 0 aliphatic carbocycles. The minimum Gasteiger partial charge on any atom is -0.492 e. The van der Waals surface area contributed by atoms with Gasteiger partial charge in [-0.05, 0) is 51.7 Å². The van der Waals surface area contributed by atoms with Gasteiger partial charge in [0.15, 0.2) is 0 Å². The number of hydrogen-bond acceptors (Lipinski definition) is 4. The summed E-state index contributed by atoms with van der Waals surface area (Å²) in [7, 11) is 0. The van der Waals surface area contributed by atoms with Crippen LogP contribution in [0.3, 0.4) is 0 Å². The van der Waals surface area contributed by atoms with E-state index in [1.165, 1.54) is 0 Å². The van der Waals surface area contributed by atoms with Gasteiger partial charge in [0.1, 0.15) is 11.4 Å². The van der Waals surface area contributed by atoms with Crippen molar-refractivity contribution < 1.29 is 14.3 Å². The predicted octanol–water partition coefficient (Wildman–Crippen LogP) is 3.95. The summed E-state index contributed by atoms with van der Waals surface area (Å²) in [5, 5.41) is 0.561. The number of likely N-dealkylation sites (tertiary alicyclic amines) is 1. The van der Waals surface area contributed by atoms with E-state index in [4.69, 9.17) is 26.8 Å². The Morgan fingerprint density at radius 1 is 1.35 bits per heavy atom. The maximum absolute atomic E-state index is 12.0. The lowest BCUT2D eigenvalue weighted by atomic mass is 9.98. The summed E-state index contributed by atoms with van der Waals surface area (Å²) in [4.78, 5) is 13.8. The summed E-state index contributed by atoms with van der Waals surface area (Å²) in [5.74, 6) is 1.01. The second kappa shape index (κ2) is 7.30. The Balaban J connectivity index is 1.79. The Kier molecular flexibility index (Phi) is 5.63. The van der Waals surface area contributed by atoms with Crippen molar-refractivity contribution in [2.75, 3.05) is 25.4 Å². The van der Waals surface area contributed by atoms with Crippen molar-refractivity contribution in [1.29, 1.82) is 0 Å². The van der Waals surface area contributed by atoms with E-state index < -0.39 is 5.60 Å². The molecule has 0 spiro atoms. The van der Waals surface area contributed by atoms with E-state index in [1.807, 2.05) is 20.8 Å². The molecule has 1 amide bonds. The fourth-order valence-corrected chi connectivity index (χ4v) is 2.62. The zero-order valence-corrected chi connectivity index (χ0v) is 14.7. The van der Waals surface area contributed by atoms with E-state index in [2.05, 4.69) is 0 Å². The molecule has 2 rings (SSSR count). The molecule has 1 saturated heterocycles. The Bertz CT molecular complexity index is 549. The Labute approximate surface area is 142 Å². The summed E-state index contributed by atoms with van der Waals surface area (Å²) < 4.78 is 11.2. The summed E-state index contributed by atoms with van der Waals surface area (Å²) >= 11 is 6.09. The van der Waals surface area contributed by atoms with Crippen LogP contribution in [0, 0.1) is 5.92 Å². The number of halogens is 1. The molecule has 0 atom stereocenters. The molecule has 0 aromatic heterocycles. The first-order valence-electron chi connectivity index (χ1n) is 7.90. The normalized spacial score (nSPS) is 16.3. The van der Waals surface area contributed by atoms with E-state index in [0.29, 0.717) is 42.1 Å². The Morgan fingerprint density at radius 2 is 2.00 bits per heavy atom. The topological polar surface area (TPSA) is 64.8 Å². The highest BCUT2D eigenvalue weighted by Gasteiger charge is 2.27. The molecule has 23 heavy (non-hydrogen) atoms. The molecule has 0 radical (unpaired) electrons. The number of rotatable bonds is 3. The van der Waals surface area contributed by atoms with Crippen molar-refractivity contribution in [3.63, 3.8) is 0 Å². The van der Waals surface area contributed by atoms with Gasteiger partial charge in [-0.25, -0.2) is 4.79 Å². The van der Waals surface area contributed by atoms with E-state index in [-0.39, 0.29) is 6.09 Å². The van der Waals surface area contributed by atoms with Gasteiger partial charge in [-0.3, -0.25) is 0 Å². The van der Waals surface area contributed by atoms with Crippen molar-refractivity contribution in [1.82, 2.24) is 4.90 Å². The van der Waals surface area contributed by atoms with Crippen LogP contribution in [0.1, 0.15) is 33.6 Å². The molecule has 0 bridgehead atoms. The first-order chi connectivity index (χ1) is 10.7. The van der Waals surface area contributed by atoms with Crippen LogP contribution in [0.2, 0.25) is 5.02 Å². The van der Waals surface area contributed by atoms with Crippen LogP contribution in [0.25, 0.3) is 0 Å². The lowest BCUT2D eigenvalue weighted by molar-refractivity contribution is 0.0165. The number of nitrogen functional groups attached to an aromatic ring is 1. The van der Waals surface area contributed by atoms with Crippen molar-refractivity contribution in [2.24, 2.45) is 5.92 Å². The number of nitrogens with two attached hydrogens (primary N) is 1. The summed E-state index contributed by atoms with van der Waals surface area (Å²) in [5.41, 5.74) is 5.91. The fourth-order valence-electron chi connectivity index (χ4n) is 2.45. The first kappa shape index (κ1) is 17.7. The number of amides is 1. The quantitative estimate of drug-likeness (QED) is 0.846. The first-order valence-corrected chi connectivity index (χ1v) is 8.28. The van der Waals surface area contributed by atoms with Crippen LogP contribution in [0.5, 0.6) is 5.75 Å². The zero-order chi connectivity index (χ0) is 17.0. The van der Waals surface area contributed by atoms with Gasteiger partial charge >= 0.3 is 6.09 Å². The number of nitrogens with zero attached hydrogens (tertiary/aromatic N) is 1. The van der Waals surface area contributed by atoms with E-state index in [1.54, 1.807) is 23.1 Å². The third-order valence-corrected chi connectivity index (χ3v) is 4.01. The fraction of sp³-hybridized carbons (Fsp3) is 0.588. The molecular formula is C17H25ClN2O3. The third kappa shape index (κ3) is 5.50. The van der Waals surface area contributed by atoms with Gasteiger partial charge in [0.2, 0.25) is 0 Å².